The summed E-state index contributed by atoms with van der Waals surface area (Å²) in [5.41, 5.74) is 2.67. The second-order valence-corrected chi connectivity index (χ2v) is 9.04. The van der Waals surface area contributed by atoms with Gasteiger partial charge in [-0.15, -0.1) is 11.3 Å². The molecule has 5 aliphatic carbocycles. The molecule has 0 amide bonds. The quantitative estimate of drug-likeness (QED) is 0.921. The molecule has 1 spiro atoms. The number of thiazole rings is 1. The Labute approximate surface area is 134 Å². The molecule has 4 heteroatoms. The number of Topliss-reactive ketones (excluding diaryl/α,β-unsaturated/α-hetero) is 1. The summed E-state index contributed by atoms with van der Waals surface area (Å²) in [6, 6.07) is 6.22. The Hall–Kier alpha value is -1.42. The number of anilines is 1. The molecule has 3 bridgehead atoms. The van der Waals surface area contributed by atoms with Gasteiger partial charge in [-0.3, -0.25) is 4.79 Å². The lowest BCUT2D eigenvalue weighted by Gasteiger charge is -2.70. The first kappa shape index (κ1) is 13.1. The summed E-state index contributed by atoms with van der Waals surface area (Å²) in [5.74, 6) is 1.28. The number of hydrogen-bond donors (Lipinski definition) is 1. The lowest BCUT2D eigenvalue weighted by molar-refractivity contribution is -0.207. The second kappa shape index (κ2) is 4.10. The molecule has 3 nitrogen and oxygen atoms in total. The van der Waals surface area contributed by atoms with Gasteiger partial charge in [-0.25, -0.2) is 4.98 Å². The van der Waals surface area contributed by atoms with Crippen molar-refractivity contribution in [1.29, 1.82) is 0 Å². The van der Waals surface area contributed by atoms with E-state index in [4.69, 9.17) is 0 Å². The van der Waals surface area contributed by atoms with Crippen LogP contribution in [0.2, 0.25) is 0 Å². The molecule has 1 aromatic carbocycles. The number of nitrogens with one attached hydrogen (secondary N) is 1. The van der Waals surface area contributed by atoms with Crippen LogP contribution in [0.15, 0.2) is 18.2 Å². The molecule has 0 atom stereocenters. The number of carbonyl (C=O) groups excluding carboxylic acids is 1. The van der Waals surface area contributed by atoms with E-state index in [1.807, 2.05) is 6.92 Å². The van der Waals surface area contributed by atoms with Crippen LogP contribution in [0.4, 0.5) is 5.69 Å². The number of nitrogens with zero attached hydrogens (tertiary/aromatic N) is 1. The number of rotatable bonds is 4. The molecule has 5 saturated carbocycles. The Bertz CT molecular complexity index is 774. The fourth-order valence-corrected chi connectivity index (χ4v) is 6.32. The predicted octanol–water partition coefficient (Wildman–Crippen LogP) is 4.17. The maximum Gasteiger partial charge on any atom is 0.158 e. The number of benzene rings is 1. The van der Waals surface area contributed by atoms with E-state index in [0.717, 1.165) is 28.6 Å². The van der Waals surface area contributed by atoms with E-state index >= 15 is 0 Å². The van der Waals surface area contributed by atoms with Gasteiger partial charge in [-0.05, 0) is 68.6 Å². The number of carbonyl (C=O) groups is 1. The summed E-state index contributed by atoms with van der Waals surface area (Å²) in [6.45, 7) is 2.50. The topological polar surface area (TPSA) is 42.0 Å². The average molecular weight is 312 g/mol. The van der Waals surface area contributed by atoms with Crippen LogP contribution in [-0.4, -0.2) is 17.3 Å². The van der Waals surface area contributed by atoms with Crippen molar-refractivity contribution in [1.82, 2.24) is 4.98 Å². The molecule has 114 valence electrons. The second-order valence-electron chi connectivity index (χ2n) is 7.80. The van der Waals surface area contributed by atoms with Crippen LogP contribution in [0.5, 0.6) is 0 Å². The highest BCUT2D eigenvalue weighted by atomic mass is 32.1. The highest BCUT2D eigenvalue weighted by Crippen LogP contribution is 2.75. The average Bonchev–Trinajstić information content (AvgIpc) is 2.82. The maximum absolute atomic E-state index is 12.7. The van der Waals surface area contributed by atoms with Crippen molar-refractivity contribution in [3.05, 3.63) is 23.2 Å². The Morgan fingerprint density at radius 3 is 2.91 bits per heavy atom. The highest BCUT2D eigenvalue weighted by Gasteiger charge is 2.68. The summed E-state index contributed by atoms with van der Waals surface area (Å²) in [6.07, 6.45) is 6.28. The van der Waals surface area contributed by atoms with Crippen LogP contribution in [0.3, 0.4) is 0 Å². The van der Waals surface area contributed by atoms with Gasteiger partial charge in [0, 0.05) is 11.1 Å². The molecular weight excluding hydrogens is 292 g/mol. The summed E-state index contributed by atoms with van der Waals surface area (Å²) in [5, 5.41) is 4.42. The molecule has 0 saturated heterocycles. The normalized spacial score (nSPS) is 34.9. The molecule has 1 N–H and O–H groups in total. The van der Waals surface area contributed by atoms with Gasteiger partial charge in [-0.1, -0.05) is 0 Å². The van der Waals surface area contributed by atoms with Gasteiger partial charge < -0.3 is 5.32 Å². The van der Waals surface area contributed by atoms with E-state index in [2.05, 4.69) is 28.5 Å². The smallest absolute Gasteiger partial charge is 0.158 e. The Morgan fingerprint density at radius 2 is 2.18 bits per heavy atom. The van der Waals surface area contributed by atoms with Gasteiger partial charge in [0.2, 0.25) is 0 Å². The van der Waals surface area contributed by atoms with Gasteiger partial charge in [-0.2, -0.15) is 0 Å². The van der Waals surface area contributed by atoms with Crippen molar-refractivity contribution in [3.8, 4) is 0 Å². The van der Waals surface area contributed by atoms with Crippen LogP contribution in [-0.2, 0) is 4.79 Å². The zero-order valence-corrected chi connectivity index (χ0v) is 13.6. The Morgan fingerprint density at radius 1 is 1.36 bits per heavy atom. The number of aromatic nitrogens is 1. The summed E-state index contributed by atoms with van der Waals surface area (Å²) < 4.78 is 1.21. The third-order valence-electron chi connectivity index (χ3n) is 6.09. The van der Waals surface area contributed by atoms with Crippen molar-refractivity contribution < 1.29 is 4.79 Å². The largest absolute Gasteiger partial charge is 0.378 e. The minimum atomic E-state index is 0.0372. The van der Waals surface area contributed by atoms with Crippen molar-refractivity contribution >= 4 is 33.0 Å². The molecule has 1 heterocycles. The molecule has 0 unspecified atom stereocenters. The SMILES string of the molecule is Cc1nc2cc(NCC(=O)C34CC5CC(C5)(C3)C4)ccc2s1. The lowest BCUT2D eigenvalue weighted by Crippen LogP contribution is -2.64. The summed E-state index contributed by atoms with van der Waals surface area (Å²) in [4.78, 5) is 17.2. The number of fused-ring (bicyclic) bond motifs is 1. The summed E-state index contributed by atoms with van der Waals surface area (Å²) in [7, 11) is 0. The van der Waals surface area contributed by atoms with Crippen LogP contribution >= 0.6 is 11.3 Å². The molecule has 2 aromatic rings. The van der Waals surface area contributed by atoms with Crippen LogP contribution in [0.25, 0.3) is 10.2 Å². The van der Waals surface area contributed by atoms with Gasteiger partial charge in [0.1, 0.15) is 0 Å². The van der Waals surface area contributed by atoms with Gasteiger partial charge in [0.25, 0.3) is 0 Å². The van der Waals surface area contributed by atoms with Crippen molar-refractivity contribution in [2.75, 3.05) is 11.9 Å². The lowest BCUT2D eigenvalue weighted by atomic mass is 9.33. The van der Waals surface area contributed by atoms with E-state index < -0.39 is 0 Å². The van der Waals surface area contributed by atoms with Crippen LogP contribution in [0, 0.1) is 23.7 Å². The monoisotopic (exact) mass is 312 g/mol. The van der Waals surface area contributed by atoms with E-state index in [1.54, 1.807) is 11.3 Å². The zero-order valence-electron chi connectivity index (χ0n) is 12.8. The first-order valence-corrected chi connectivity index (χ1v) is 9.02. The fourth-order valence-electron chi connectivity index (χ4n) is 5.51. The summed E-state index contributed by atoms with van der Waals surface area (Å²) >= 11 is 1.71. The van der Waals surface area contributed by atoms with Crippen molar-refractivity contribution in [2.45, 2.75) is 39.0 Å². The van der Waals surface area contributed by atoms with E-state index in [0.29, 0.717) is 17.7 Å². The first-order chi connectivity index (χ1) is 10.6. The van der Waals surface area contributed by atoms with E-state index in [1.165, 1.54) is 30.4 Å². The van der Waals surface area contributed by atoms with Crippen LogP contribution < -0.4 is 5.32 Å². The van der Waals surface area contributed by atoms with Crippen LogP contribution in [0.1, 0.15) is 37.1 Å². The minimum absolute atomic E-state index is 0.0372. The molecule has 0 aliphatic heterocycles. The number of aryl methyl sites for hydroxylation is 1. The van der Waals surface area contributed by atoms with Gasteiger partial charge in [0.05, 0.1) is 21.8 Å². The molecule has 22 heavy (non-hydrogen) atoms. The molecule has 1 aromatic heterocycles. The van der Waals surface area contributed by atoms with Gasteiger partial charge >= 0.3 is 0 Å². The third-order valence-corrected chi connectivity index (χ3v) is 7.04. The maximum atomic E-state index is 12.7. The van der Waals surface area contributed by atoms with E-state index in [9.17, 15) is 4.79 Å². The third kappa shape index (κ3) is 1.73. The van der Waals surface area contributed by atoms with Gasteiger partial charge in [0.15, 0.2) is 5.78 Å². The Balaban J connectivity index is 1.29. The van der Waals surface area contributed by atoms with Crippen molar-refractivity contribution in [3.63, 3.8) is 0 Å². The molecule has 0 radical (unpaired) electrons. The molecular formula is C18H20N2OS. The van der Waals surface area contributed by atoms with E-state index in [-0.39, 0.29) is 5.41 Å². The first-order valence-electron chi connectivity index (χ1n) is 8.20. The van der Waals surface area contributed by atoms with Crippen molar-refractivity contribution in [2.24, 2.45) is 16.7 Å². The molecule has 5 aliphatic rings. The molecule has 5 fully saturated rings. The minimum Gasteiger partial charge on any atom is -0.378 e. The fraction of sp³-hybridized carbons (Fsp3) is 0.556. The Kier molecular flexibility index (Phi) is 2.44. The zero-order chi connectivity index (χ0) is 14.9. The standard InChI is InChI=1S/C18H20N2OS/c1-11-20-14-4-13(2-3-15(14)22-11)19-8-16(21)18-7-12-5-17(6-12,9-18)10-18/h2-4,12,19H,5-10H2,1H3. The molecule has 7 rings (SSSR count). The number of ketones is 1. The predicted molar refractivity (Wildman–Crippen MR) is 89.3 cm³/mol. The highest BCUT2D eigenvalue weighted by molar-refractivity contribution is 7.18. The number of hydrogen-bond acceptors (Lipinski definition) is 4.